The highest BCUT2D eigenvalue weighted by molar-refractivity contribution is 5.24. The van der Waals surface area contributed by atoms with Gasteiger partial charge >= 0.3 is 6.18 Å². The van der Waals surface area contributed by atoms with Crippen LogP contribution >= 0.6 is 0 Å². The van der Waals surface area contributed by atoms with Crippen molar-refractivity contribution in [1.29, 1.82) is 0 Å². The Morgan fingerprint density at radius 3 is 2.57 bits per heavy atom. The summed E-state index contributed by atoms with van der Waals surface area (Å²) in [5.74, 6) is -1.10. The van der Waals surface area contributed by atoms with Gasteiger partial charge in [-0.2, -0.15) is 18.3 Å². The molecule has 0 aliphatic heterocycles. The van der Waals surface area contributed by atoms with Gasteiger partial charge in [0, 0.05) is 30.4 Å². The van der Waals surface area contributed by atoms with Crippen molar-refractivity contribution in [3.8, 4) is 0 Å². The highest BCUT2D eigenvalue weighted by Crippen LogP contribution is 2.38. The van der Waals surface area contributed by atoms with Crippen LogP contribution in [0.25, 0.3) is 0 Å². The van der Waals surface area contributed by atoms with Crippen LogP contribution in [0.2, 0.25) is 0 Å². The third-order valence-corrected chi connectivity index (χ3v) is 5.00. The smallest absolute Gasteiger partial charge is 0.307 e. The summed E-state index contributed by atoms with van der Waals surface area (Å²) in [5, 5.41) is 7.89. The molecule has 1 aromatic rings. The van der Waals surface area contributed by atoms with Gasteiger partial charge in [-0.3, -0.25) is 4.68 Å². The minimum absolute atomic E-state index is 0.208. The van der Waals surface area contributed by atoms with E-state index in [2.05, 4.69) is 10.4 Å². The van der Waals surface area contributed by atoms with E-state index < -0.39 is 12.1 Å². The van der Waals surface area contributed by atoms with Gasteiger partial charge in [0.1, 0.15) is 0 Å². The normalized spacial score (nSPS) is 30.2. The van der Waals surface area contributed by atoms with E-state index in [4.69, 9.17) is 0 Å². The maximum atomic E-state index is 12.7. The number of fused-ring (bicyclic) bond motifs is 1. The maximum absolute atomic E-state index is 12.7. The second kappa shape index (κ2) is 5.63. The molecule has 118 valence electrons. The van der Waals surface area contributed by atoms with E-state index in [9.17, 15) is 13.2 Å². The average Bonchev–Trinajstić information content (AvgIpc) is 2.82. The van der Waals surface area contributed by atoms with E-state index in [1.54, 1.807) is 0 Å². The van der Waals surface area contributed by atoms with Gasteiger partial charge in [-0.05, 0) is 44.9 Å². The Labute approximate surface area is 122 Å². The summed E-state index contributed by atoms with van der Waals surface area (Å²) < 4.78 is 40.0. The number of aromatic nitrogens is 2. The minimum atomic E-state index is -4.02. The molecule has 3 rings (SSSR count). The number of nitrogens with one attached hydrogen (secondary N) is 1. The highest BCUT2D eigenvalue weighted by atomic mass is 19.4. The summed E-state index contributed by atoms with van der Waals surface area (Å²) in [6.07, 6.45) is 2.86. The third-order valence-electron chi connectivity index (χ3n) is 5.00. The van der Waals surface area contributed by atoms with Crippen LogP contribution in [0.5, 0.6) is 0 Å². The second-order valence-corrected chi connectivity index (χ2v) is 6.37. The molecule has 1 unspecified atom stereocenters. The van der Waals surface area contributed by atoms with Crippen LogP contribution in [0.4, 0.5) is 13.2 Å². The molecule has 1 aromatic heterocycles. The Kier molecular flexibility index (Phi) is 3.99. The predicted octanol–water partition coefficient (Wildman–Crippen LogP) is 3.51. The van der Waals surface area contributed by atoms with Crippen LogP contribution in [-0.2, 0) is 13.5 Å². The van der Waals surface area contributed by atoms with Crippen LogP contribution in [0.15, 0.2) is 6.20 Å². The van der Waals surface area contributed by atoms with Gasteiger partial charge in [0.05, 0.1) is 12.1 Å². The van der Waals surface area contributed by atoms with Crippen molar-refractivity contribution in [3.05, 3.63) is 17.5 Å². The molecule has 0 spiro atoms. The topological polar surface area (TPSA) is 29.9 Å². The molecule has 1 N–H and O–H groups in total. The van der Waals surface area contributed by atoms with Crippen LogP contribution in [-0.4, -0.2) is 22.0 Å². The molecule has 0 radical (unpaired) electrons. The lowest BCUT2D eigenvalue weighted by Crippen LogP contribution is -2.39. The molecule has 0 aromatic carbocycles. The van der Waals surface area contributed by atoms with Gasteiger partial charge in [0.15, 0.2) is 0 Å². The molecule has 6 heteroatoms. The van der Waals surface area contributed by atoms with E-state index in [1.165, 1.54) is 11.3 Å². The molecule has 0 bridgehead atoms. The quantitative estimate of drug-likeness (QED) is 0.906. The monoisotopic (exact) mass is 301 g/mol. The summed E-state index contributed by atoms with van der Waals surface area (Å²) >= 11 is 0. The molecule has 1 fully saturated rings. The van der Waals surface area contributed by atoms with E-state index >= 15 is 0 Å². The molecule has 1 atom stereocenters. The summed E-state index contributed by atoms with van der Waals surface area (Å²) in [5.41, 5.74) is 2.50. The highest BCUT2D eigenvalue weighted by Gasteiger charge is 2.41. The lowest BCUT2D eigenvalue weighted by atomic mass is 9.84. The Hall–Kier alpha value is -1.04. The summed E-state index contributed by atoms with van der Waals surface area (Å²) in [6, 6.07) is 0.467. The predicted molar refractivity (Wildman–Crippen MR) is 73.8 cm³/mol. The molecule has 2 aliphatic rings. The fourth-order valence-corrected chi connectivity index (χ4v) is 3.75. The van der Waals surface area contributed by atoms with Gasteiger partial charge < -0.3 is 5.32 Å². The van der Waals surface area contributed by atoms with Crippen LogP contribution in [0.1, 0.15) is 55.8 Å². The fraction of sp³-hybridized carbons (Fsp3) is 0.800. The van der Waals surface area contributed by atoms with Crippen LogP contribution in [0.3, 0.4) is 0 Å². The van der Waals surface area contributed by atoms with Gasteiger partial charge in [0.2, 0.25) is 0 Å². The average molecular weight is 301 g/mol. The largest absolute Gasteiger partial charge is 0.391 e. The van der Waals surface area contributed by atoms with Crippen molar-refractivity contribution >= 4 is 0 Å². The molecular weight excluding hydrogens is 279 g/mol. The molecule has 0 amide bonds. The zero-order valence-electron chi connectivity index (χ0n) is 12.3. The van der Waals surface area contributed by atoms with Crippen LogP contribution in [0, 0.1) is 5.92 Å². The van der Waals surface area contributed by atoms with Crippen molar-refractivity contribution in [1.82, 2.24) is 15.1 Å². The standard InChI is InChI=1S/C15H22F3N3/c1-21-14-4-2-3-13(12(14)9-19-21)20-11-7-5-10(6-8-11)15(16,17)18/h9-11,13,20H,2-8H2,1H3. The Morgan fingerprint density at radius 1 is 1.19 bits per heavy atom. The van der Waals surface area contributed by atoms with E-state index in [1.807, 2.05) is 17.9 Å². The van der Waals surface area contributed by atoms with Gasteiger partial charge in [-0.15, -0.1) is 0 Å². The van der Waals surface area contributed by atoms with Gasteiger partial charge in [-0.1, -0.05) is 0 Å². The summed E-state index contributed by atoms with van der Waals surface area (Å²) in [6.45, 7) is 0. The number of aryl methyl sites for hydroxylation is 1. The molecule has 0 saturated heterocycles. The summed E-state index contributed by atoms with van der Waals surface area (Å²) in [7, 11) is 1.95. The first-order chi connectivity index (χ1) is 9.95. The number of hydrogen-bond acceptors (Lipinski definition) is 2. The molecule has 21 heavy (non-hydrogen) atoms. The maximum Gasteiger partial charge on any atom is 0.391 e. The first-order valence-corrected chi connectivity index (χ1v) is 7.78. The lowest BCUT2D eigenvalue weighted by Gasteiger charge is -2.34. The molecule has 2 aliphatic carbocycles. The van der Waals surface area contributed by atoms with E-state index in [0.29, 0.717) is 12.8 Å². The van der Waals surface area contributed by atoms with Gasteiger partial charge in [0.25, 0.3) is 0 Å². The van der Waals surface area contributed by atoms with E-state index in [0.717, 1.165) is 19.3 Å². The fourth-order valence-electron chi connectivity index (χ4n) is 3.75. The Bertz CT molecular complexity index is 487. The van der Waals surface area contributed by atoms with Crippen molar-refractivity contribution < 1.29 is 13.2 Å². The Balaban J connectivity index is 1.59. The van der Waals surface area contributed by atoms with Crippen molar-refractivity contribution in [2.75, 3.05) is 0 Å². The van der Waals surface area contributed by atoms with E-state index in [-0.39, 0.29) is 24.9 Å². The third kappa shape index (κ3) is 3.10. The molecule has 1 saturated carbocycles. The molecule has 3 nitrogen and oxygen atoms in total. The summed E-state index contributed by atoms with van der Waals surface area (Å²) in [4.78, 5) is 0. The van der Waals surface area contributed by atoms with Crippen molar-refractivity contribution in [3.63, 3.8) is 0 Å². The van der Waals surface area contributed by atoms with Crippen LogP contribution < -0.4 is 5.32 Å². The van der Waals surface area contributed by atoms with Crippen molar-refractivity contribution in [2.24, 2.45) is 13.0 Å². The lowest BCUT2D eigenvalue weighted by molar-refractivity contribution is -0.182. The molecule has 1 heterocycles. The molecular formula is C15H22F3N3. The van der Waals surface area contributed by atoms with Crippen molar-refractivity contribution in [2.45, 2.75) is 63.2 Å². The number of rotatable bonds is 2. The number of hydrogen-bond donors (Lipinski definition) is 1. The first-order valence-electron chi connectivity index (χ1n) is 7.78. The number of nitrogens with zero attached hydrogens (tertiary/aromatic N) is 2. The number of alkyl halides is 3. The SMILES string of the molecule is Cn1ncc2c1CCCC2NC1CCC(C(F)(F)F)CC1. The number of halogens is 3. The Morgan fingerprint density at radius 2 is 1.90 bits per heavy atom. The first kappa shape index (κ1) is 14.9. The van der Waals surface area contributed by atoms with Gasteiger partial charge in [-0.25, -0.2) is 0 Å². The zero-order chi connectivity index (χ0) is 15.0. The zero-order valence-corrected chi connectivity index (χ0v) is 12.3. The minimum Gasteiger partial charge on any atom is -0.307 e. The second-order valence-electron chi connectivity index (χ2n) is 6.37.